The maximum absolute atomic E-state index is 6.33. The minimum atomic E-state index is 0.398. The van der Waals surface area contributed by atoms with Gasteiger partial charge in [0.1, 0.15) is 0 Å². The first-order valence-corrected chi connectivity index (χ1v) is 15.2. The number of likely N-dealkylation sites (tertiary alicyclic amines) is 1. The first-order chi connectivity index (χ1) is 8.81. The molecule has 1 aliphatic carbocycles. The van der Waals surface area contributed by atoms with Gasteiger partial charge in [0.25, 0.3) is 0 Å². The van der Waals surface area contributed by atoms with Crippen LogP contribution in [-0.2, 0) is 4.74 Å². The molecule has 18 heavy (non-hydrogen) atoms. The van der Waals surface area contributed by atoms with Crippen LogP contribution in [0.2, 0.25) is 0 Å². The summed E-state index contributed by atoms with van der Waals surface area (Å²) < 4.78 is 7.70. The molecular weight excluding hydrogens is 452 g/mol. The molecule has 1 aliphatic heterocycles. The molecule has 0 N–H and O–H groups in total. The second kappa shape index (κ2) is 8.62. The van der Waals surface area contributed by atoms with Gasteiger partial charge in [-0.3, -0.25) is 0 Å². The molecule has 4 heteroatoms. The normalized spacial score (nSPS) is 31.9. The van der Waals surface area contributed by atoms with E-state index >= 15 is 0 Å². The van der Waals surface area contributed by atoms with E-state index in [4.69, 9.17) is 4.74 Å². The van der Waals surface area contributed by atoms with E-state index in [0.717, 1.165) is 5.92 Å². The number of ether oxygens (including phenoxy) is 1. The molecule has 108 valence electrons. The van der Waals surface area contributed by atoms with E-state index in [1.54, 1.807) is 0 Å². The minimum absolute atomic E-state index is 0.398. The fraction of sp³-hybridized carbons (Fsp3) is 1.00. The zero-order valence-electron chi connectivity index (χ0n) is 11.4. The van der Waals surface area contributed by atoms with Gasteiger partial charge in [0.15, 0.2) is 0 Å². The number of hydrogen-bond donors (Lipinski definition) is 0. The van der Waals surface area contributed by atoms with Gasteiger partial charge in [-0.1, -0.05) is 0 Å². The molecule has 0 unspecified atom stereocenters. The molecule has 1 heterocycles. The molecule has 2 aliphatic rings. The standard InChI is InChI=1S/C14H26I2NO/c1-2-12-3-5-13(6-4-12)18-14-7-9-17(10-8-14)11-16-15/h12-14H,2-11H2,1H3/q-1. The Balaban J connectivity index is 1.63. The van der Waals surface area contributed by atoms with Gasteiger partial charge < -0.3 is 0 Å². The van der Waals surface area contributed by atoms with Crippen molar-refractivity contribution in [1.82, 2.24) is 4.90 Å². The van der Waals surface area contributed by atoms with Crippen LogP contribution in [-0.4, -0.2) is 34.7 Å². The summed E-state index contributed by atoms with van der Waals surface area (Å²) in [6.45, 7) is 4.88. The van der Waals surface area contributed by atoms with Crippen LogP contribution in [0, 0.1) is 5.92 Å². The number of alkyl halides is 1. The third-order valence-electron chi connectivity index (χ3n) is 4.50. The molecular formula is C14H26I2NO-. The van der Waals surface area contributed by atoms with E-state index in [9.17, 15) is 0 Å². The summed E-state index contributed by atoms with van der Waals surface area (Å²) in [5, 5.41) is 0. The molecule has 0 amide bonds. The molecule has 2 rings (SSSR count). The van der Waals surface area contributed by atoms with Gasteiger partial charge >= 0.3 is 133 Å². The Morgan fingerprint density at radius 3 is 2.22 bits per heavy atom. The van der Waals surface area contributed by atoms with Crippen LogP contribution in [0.1, 0.15) is 51.9 Å². The van der Waals surface area contributed by atoms with Crippen molar-refractivity contribution >= 4 is 18.6 Å². The summed E-state index contributed by atoms with van der Waals surface area (Å²) in [5.41, 5.74) is 0. The first-order valence-electron chi connectivity index (χ1n) is 7.40. The zero-order valence-corrected chi connectivity index (χ0v) is 15.7. The summed E-state index contributed by atoms with van der Waals surface area (Å²) in [4.78, 5) is 2.63. The Kier molecular flexibility index (Phi) is 7.55. The van der Waals surface area contributed by atoms with Crippen LogP contribution >= 0.6 is 18.6 Å². The van der Waals surface area contributed by atoms with Crippen molar-refractivity contribution in [3.8, 4) is 0 Å². The van der Waals surface area contributed by atoms with Crippen molar-refractivity contribution < 1.29 is 22.0 Å². The zero-order chi connectivity index (χ0) is 12.8. The van der Waals surface area contributed by atoms with Crippen molar-refractivity contribution in [3.63, 3.8) is 0 Å². The molecule has 0 atom stereocenters. The molecule has 2 nitrogen and oxygen atoms in total. The number of halogens is 2. The van der Waals surface area contributed by atoms with E-state index in [0.29, 0.717) is 29.4 Å². The molecule has 2 fully saturated rings. The van der Waals surface area contributed by atoms with Crippen LogP contribution < -0.4 is 17.2 Å². The van der Waals surface area contributed by atoms with Crippen LogP contribution in [0.3, 0.4) is 0 Å². The molecule has 1 saturated heterocycles. The van der Waals surface area contributed by atoms with Gasteiger partial charge in [-0.25, -0.2) is 0 Å². The Morgan fingerprint density at radius 2 is 1.67 bits per heavy atom. The van der Waals surface area contributed by atoms with Crippen LogP contribution in [0.15, 0.2) is 0 Å². The topological polar surface area (TPSA) is 12.5 Å². The van der Waals surface area contributed by atoms with Gasteiger partial charge in [0, 0.05) is 0 Å². The fourth-order valence-corrected chi connectivity index (χ4v) is 6.67. The summed E-state index contributed by atoms with van der Waals surface area (Å²) in [5.74, 6) is 0.985. The van der Waals surface area contributed by atoms with Crippen LogP contribution in [0.25, 0.3) is 0 Å². The van der Waals surface area contributed by atoms with Gasteiger partial charge in [0.05, 0.1) is 0 Å². The first kappa shape index (κ1) is 15.8. The third-order valence-corrected chi connectivity index (χ3v) is 7.46. The number of nitrogens with zero attached hydrogens (tertiary/aromatic N) is 1. The van der Waals surface area contributed by atoms with Crippen molar-refractivity contribution in [1.29, 1.82) is 0 Å². The second-order valence-electron chi connectivity index (χ2n) is 5.72. The summed E-state index contributed by atoms with van der Waals surface area (Å²) >= 11 is 2.98. The average Bonchev–Trinajstić information content (AvgIpc) is 2.42. The van der Waals surface area contributed by atoms with Crippen LogP contribution in [0.4, 0.5) is 0 Å². The maximum atomic E-state index is 6.33. The average molecular weight is 478 g/mol. The predicted molar refractivity (Wildman–Crippen MR) is 80.6 cm³/mol. The molecule has 0 aromatic heterocycles. The Labute approximate surface area is 132 Å². The number of piperidine rings is 1. The van der Waals surface area contributed by atoms with E-state index in [1.165, 1.54) is 62.6 Å². The van der Waals surface area contributed by atoms with Crippen molar-refractivity contribution in [2.24, 2.45) is 5.92 Å². The molecule has 0 spiro atoms. The second-order valence-corrected chi connectivity index (χ2v) is 10.9. The summed E-state index contributed by atoms with van der Waals surface area (Å²) in [6.07, 6.45) is 10.5. The summed E-state index contributed by atoms with van der Waals surface area (Å²) in [6, 6.07) is 0. The van der Waals surface area contributed by atoms with E-state index in [1.807, 2.05) is 0 Å². The van der Waals surface area contributed by atoms with E-state index in [2.05, 4.69) is 30.4 Å². The number of rotatable bonds is 5. The Hall–Kier alpha value is 1.38. The molecule has 1 saturated carbocycles. The molecule has 0 radical (unpaired) electrons. The fourth-order valence-electron chi connectivity index (χ4n) is 3.18. The Bertz CT molecular complexity index is 224. The quantitative estimate of drug-likeness (QED) is 0.330. The Morgan fingerprint density at radius 1 is 1.06 bits per heavy atom. The van der Waals surface area contributed by atoms with Crippen molar-refractivity contribution in [2.75, 3.05) is 17.6 Å². The summed E-state index contributed by atoms with van der Waals surface area (Å²) in [7, 11) is 0. The van der Waals surface area contributed by atoms with Gasteiger partial charge in [0.2, 0.25) is 0 Å². The van der Waals surface area contributed by atoms with Crippen LogP contribution in [0.5, 0.6) is 0 Å². The van der Waals surface area contributed by atoms with Crippen molar-refractivity contribution in [3.05, 3.63) is 0 Å². The third kappa shape index (κ3) is 5.05. The SMILES string of the molecule is CCC1CCC(OC2CCN(C[I-]I)CC2)CC1. The van der Waals surface area contributed by atoms with Gasteiger partial charge in [-0.15, -0.1) is 0 Å². The monoisotopic (exact) mass is 478 g/mol. The van der Waals surface area contributed by atoms with E-state index < -0.39 is 0 Å². The molecule has 0 aromatic carbocycles. The number of hydrogen-bond acceptors (Lipinski definition) is 2. The van der Waals surface area contributed by atoms with Gasteiger partial charge in [-0.2, -0.15) is 0 Å². The predicted octanol–water partition coefficient (Wildman–Crippen LogP) is 0.833. The molecule has 0 bridgehead atoms. The van der Waals surface area contributed by atoms with Gasteiger partial charge in [-0.05, 0) is 0 Å². The van der Waals surface area contributed by atoms with E-state index in [-0.39, 0.29) is 0 Å². The molecule has 0 aromatic rings. The van der Waals surface area contributed by atoms with Crippen molar-refractivity contribution in [2.45, 2.75) is 64.1 Å².